The van der Waals surface area contributed by atoms with Crippen LogP contribution in [0.3, 0.4) is 0 Å². The number of carboxylic acid groups (broad SMARTS) is 1. The summed E-state index contributed by atoms with van der Waals surface area (Å²) >= 11 is 0. The molecule has 4 rings (SSSR count). The van der Waals surface area contributed by atoms with Gasteiger partial charge in [-0.2, -0.15) is 13.2 Å². The van der Waals surface area contributed by atoms with Crippen LogP contribution >= 0.6 is 0 Å². The van der Waals surface area contributed by atoms with Gasteiger partial charge in [-0.15, -0.1) is 0 Å². The van der Waals surface area contributed by atoms with Gasteiger partial charge in [0.2, 0.25) is 5.91 Å². The first-order valence-corrected chi connectivity index (χ1v) is 11.9. The molecule has 10 heteroatoms. The number of benzene rings is 3. The van der Waals surface area contributed by atoms with Gasteiger partial charge < -0.3 is 20.5 Å². The lowest BCUT2D eigenvalue weighted by Crippen LogP contribution is -2.47. The third-order valence-electron chi connectivity index (χ3n) is 6.32. The average molecular weight is 527 g/mol. The number of halogens is 3. The second-order valence-electron chi connectivity index (χ2n) is 8.87. The van der Waals surface area contributed by atoms with Crippen LogP contribution in [-0.2, 0) is 27.0 Å². The molecule has 38 heavy (non-hydrogen) atoms. The second-order valence-corrected chi connectivity index (χ2v) is 8.87. The molecule has 2 amide bonds. The lowest BCUT2D eigenvalue weighted by atomic mass is 9.98. The summed E-state index contributed by atoms with van der Waals surface area (Å²) in [4.78, 5) is 36.4. The minimum atomic E-state index is -4.53. The summed E-state index contributed by atoms with van der Waals surface area (Å²) in [7, 11) is 0. The molecule has 0 radical (unpaired) electrons. The maximum absolute atomic E-state index is 13.0. The van der Waals surface area contributed by atoms with Crippen molar-refractivity contribution in [3.8, 4) is 11.1 Å². The molecule has 3 N–H and O–H groups in total. The molecule has 0 unspecified atom stereocenters. The topological polar surface area (TPSA) is 105 Å². The second kappa shape index (κ2) is 11.4. The van der Waals surface area contributed by atoms with Crippen molar-refractivity contribution < 1.29 is 37.4 Å². The number of hydrogen-bond donors (Lipinski definition) is 3. The molecule has 0 saturated heterocycles. The highest BCUT2D eigenvalue weighted by Crippen LogP contribution is 2.44. The molecule has 3 aromatic rings. The lowest BCUT2D eigenvalue weighted by molar-refractivity contribution is -0.138. The van der Waals surface area contributed by atoms with Crippen LogP contribution < -0.4 is 10.6 Å². The summed E-state index contributed by atoms with van der Waals surface area (Å²) in [6.07, 6.45) is -6.08. The van der Waals surface area contributed by atoms with Crippen molar-refractivity contribution in [1.29, 1.82) is 0 Å². The van der Waals surface area contributed by atoms with Gasteiger partial charge in [-0.25, -0.2) is 4.79 Å². The minimum absolute atomic E-state index is 0.00261. The Morgan fingerprint density at radius 2 is 1.55 bits per heavy atom. The van der Waals surface area contributed by atoms with Crippen LogP contribution in [0.1, 0.15) is 41.0 Å². The van der Waals surface area contributed by atoms with E-state index in [-0.39, 0.29) is 31.1 Å². The number of carbonyl (C=O) groups excluding carboxylic acids is 2. The Kier molecular flexibility index (Phi) is 7.99. The quantitative estimate of drug-likeness (QED) is 0.360. The first-order chi connectivity index (χ1) is 18.1. The SMILES string of the molecule is O=C(O)CC[C@H](NC(=O)OCC1c2ccccc2-c2ccccc21)C(=O)NCc1cccc(C(F)(F)F)c1. The molecule has 0 bridgehead atoms. The van der Waals surface area contributed by atoms with Gasteiger partial charge >= 0.3 is 18.2 Å². The highest BCUT2D eigenvalue weighted by molar-refractivity contribution is 5.86. The summed E-state index contributed by atoms with van der Waals surface area (Å²) < 4.78 is 44.3. The number of carboxylic acids is 1. The lowest BCUT2D eigenvalue weighted by Gasteiger charge is -2.19. The summed E-state index contributed by atoms with van der Waals surface area (Å²) in [6, 6.07) is 18.8. The van der Waals surface area contributed by atoms with Crippen LogP contribution in [0, 0.1) is 0 Å². The predicted octanol–water partition coefficient (Wildman–Crippen LogP) is 5.09. The molecule has 7 nitrogen and oxygen atoms in total. The molecular weight excluding hydrogens is 501 g/mol. The van der Waals surface area contributed by atoms with Crippen molar-refractivity contribution in [2.24, 2.45) is 0 Å². The molecular formula is C28H25F3N2O5. The van der Waals surface area contributed by atoms with Crippen molar-refractivity contribution in [2.45, 2.75) is 37.5 Å². The smallest absolute Gasteiger partial charge is 0.416 e. The minimum Gasteiger partial charge on any atom is -0.481 e. The molecule has 0 spiro atoms. The largest absolute Gasteiger partial charge is 0.481 e. The maximum atomic E-state index is 13.0. The first-order valence-electron chi connectivity index (χ1n) is 11.9. The zero-order valence-electron chi connectivity index (χ0n) is 20.1. The zero-order chi connectivity index (χ0) is 27.3. The van der Waals surface area contributed by atoms with Crippen LogP contribution in [0.15, 0.2) is 72.8 Å². The van der Waals surface area contributed by atoms with Gasteiger partial charge in [0, 0.05) is 18.9 Å². The number of amides is 2. The Hall–Kier alpha value is -4.34. The van der Waals surface area contributed by atoms with E-state index in [1.165, 1.54) is 12.1 Å². The molecule has 1 aliphatic carbocycles. The highest BCUT2D eigenvalue weighted by Gasteiger charge is 2.31. The van der Waals surface area contributed by atoms with Crippen LogP contribution in [0.2, 0.25) is 0 Å². The fraction of sp³-hybridized carbons (Fsp3) is 0.250. The molecule has 198 valence electrons. The van der Waals surface area contributed by atoms with Crippen molar-refractivity contribution in [3.05, 3.63) is 95.1 Å². The Bertz CT molecular complexity index is 1300. The van der Waals surface area contributed by atoms with Gasteiger partial charge in [-0.1, -0.05) is 60.7 Å². The van der Waals surface area contributed by atoms with E-state index < -0.39 is 42.2 Å². The number of ether oxygens (including phenoxy) is 1. The molecule has 1 aliphatic rings. The number of aliphatic carboxylic acids is 1. The van der Waals surface area contributed by atoms with E-state index in [0.29, 0.717) is 0 Å². The van der Waals surface area contributed by atoms with Gasteiger partial charge in [0.05, 0.1) is 5.56 Å². The van der Waals surface area contributed by atoms with Crippen molar-refractivity contribution >= 4 is 18.0 Å². The standard InChI is InChI=1S/C28H25F3N2O5/c29-28(30,31)18-7-5-6-17(14-18)15-32-26(36)24(12-13-25(34)35)33-27(37)38-16-23-21-10-3-1-8-19(21)20-9-2-4-11-22(20)23/h1-11,14,23-24H,12-13,15-16H2,(H,32,36)(H,33,37)(H,34,35)/t24-/m0/s1. The van der Waals surface area contributed by atoms with Gasteiger partial charge in [-0.3, -0.25) is 9.59 Å². The average Bonchev–Trinajstić information content (AvgIpc) is 3.21. The van der Waals surface area contributed by atoms with Crippen molar-refractivity contribution in [3.63, 3.8) is 0 Å². The predicted molar refractivity (Wildman–Crippen MR) is 132 cm³/mol. The van der Waals surface area contributed by atoms with E-state index >= 15 is 0 Å². The van der Waals surface area contributed by atoms with Crippen molar-refractivity contribution in [1.82, 2.24) is 10.6 Å². The third-order valence-corrected chi connectivity index (χ3v) is 6.32. The fourth-order valence-electron chi connectivity index (χ4n) is 4.49. The molecule has 0 saturated carbocycles. The number of alkyl halides is 3. The van der Waals surface area contributed by atoms with Crippen LogP contribution in [-0.4, -0.2) is 35.7 Å². The molecule has 0 fully saturated rings. The highest BCUT2D eigenvalue weighted by atomic mass is 19.4. The number of carbonyl (C=O) groups is 3. The Balaban J connectivity index is 1.39. The third kappa shape index (κ3) is 6.31. The van der Waals surface area contributed by atoms with Crippen LogP contribution in [0.5, 0.6) is 0 Å². The molecule has 0 heterocycles. The fourth-order valence-corrected chi connectivity index (χ4v) is 4.49. The molecule has 1 atom stereocenters. The Morgan fingerprint density at radius 3 is 2.16 bits per heavy atom. The number of rotatable bonds is 9. The van der Waals surface area contributed by atoms with E-state index in [1.807, 2.05) is 48.5 Å². The maximum Gasteiger partial charge on any atom is 0.416 e. The van der Waals surface area contributed by atoms with E-state index in [9.17, 15) is 27.6 Å². The summed E-state index contributed by atoms with van der Waals surface area (Å²) in [5.74, 6) is -2.12. The first kappa shape index (κ1) is 26.7. The number of hydrogen-bond acceptors (Lipinski definition) is 4. The van der Waals surface area contributed by atoms with E-state index in [1.54, 1.807) is 0 Å². The van der Waals surface area contributed by atoms with Gasteiger partial charge in [0.25, 0.3) is 0 Å². The van der Waals surface area contributed by atoms with Gasteiger partial charge in [0.1, 0.15) is 12.6 Å². The zero-order valence-corrected chi connectivity index (χ0v) is 20.1. The molecule has 0 aromatic heterocycles. The van der Waals surface area contributed by atoms with E-state index in [0.717, 1.165) is 34.4 Å². The summed E-state index contributed by atoms with van der Waals surface area (Å²) in [5, 5.41) is 13.9. The van der Waals surface area contributed by atoms with Crippen LogP contribution in [0.4, 0.5) is 18.0 Å². The Morgan fingerprint density at radius 1 is 0.921 bits per heavy atom. The summed E-state index contributed by atoms with van der Waals surface area (Å²) in [6.45, 7) is -0.240. The monoisotopic (exact) mass is 526 g/mol. The number of alkyl carbamates (subject to hydrolysis) is 1. The van der Waals surface area contributed by atoms with E-state index in [2.05, 4.69) is 10.6 Å². The van der Waals surface area contributed by atoms with Gasteiger partial charge in [-0.05, 0) is 46.4 Å². The molecule has 0 aliphatic heterocycles. The van der Waals surface area contributed by atoms with E-state index in [4.69, 9.17) is 9.84 Å². The van der Waals surface area contributed by atoms with Crippen LogP contribution in [0.25, 0.3) is 11.1 Å². The van der Waals surface area contributed by atoms with Crippen molar-refractivity contribution in [2.75, 3.05) is 6.61 Å². The van der Waals surface area contributed by atoms with Gasteiger partial charge in [0.15, 0.2) is 0 Å². The number of fused-ring (bicyclic) bond motifs is 3. The normalized spacial score (nSPS) is 13.2. The Labute approximate surface area is 216 Å². The summed E-state index contributed by atoms with van der Waals surface area (Å²) in [5.41, 5.74) is 3.44. The number of nitrogens with one attached hydrogen (secondary N) is 2. The molecule has 3 aromatic carbocycles.